The molecule has 0 unspecified atom stereocenters. The maximum absolute atomic E-state index is 7.23. The van der Waals surface area contributed by atoms with Gasteiger partial charge in [0.2, 0.25) is 0 Å². The molecule has 2 saturated carbocycles. The van der Waals surface area contributed by atoms with E-state index in [1.165, 1.54) is 252 Å². The molecule has 2 aromatic carbocycles. The second-order valence-corrected chi connectivity index (χ2v) is 23.5. The lowest BCUT2D eigenvalue weighted by Crippen LogP contribution is -2.18. The molecule has 6 rings (SSSR count). The number of hydrogen-bond donors (Lipinski definition) is 0. The number of aromatic nitrogens is 4. The fraction of sp³-hybridized carbons (Fsp3) is 0.706. The van der Waals surface area contributed by atoms with E-state index in [9.17, 15) is 0 Å². The Morgan fingerprint density at radius 1 is 0.342 bits per heavy atom. The first-order valence-electron chi connectivity index (χ1n) is 31.6. The summed E-state index contributed by atoms with van der Waals surface area (Å²) < 4.78 is 7.23. The van der Waals surface area contributed by atoms with Crippen molar-refractivity contribution in [1.82, 2.24) is 19.9 Å². The Balaban J connectivity index is 1.06. The smallest absolute Gasteiger partial charge is 0.131 e. The third-order valence-electron chi connectivity index (χ3n) is 17.1. The average Bonchev–Trinajstić information content (AvgIpc) is 3.42. The van der Waals surface area contributed by atoms with Crippen molar-refractivity contribution in [2.24, 2.45) is 11.8 Å². The standard InChI is InChI=1S/C68H106N4O/c1-5-9-13-17-19-21-25-29-33-59-51-69-67(70-52-59)61-41-35-57(36-42-61)49-63-47-55(31-27-23-15-11-7-3)39-45-65(63)73-66-46-40-56(32-28-24-16-12-8-4)48-64(66)50-58-37-43-62(44-38-58)68-71-53-60(54-72-68)34-30-26-22-20-18-14-10-6-2/h39-40,45-48,51-54,57-58,61-62H,5-38,41-44,49-50H2,1-4H3. The molecule has 2 fully saturated rings. The maximum atomic E-state index is 7.23. The minimum Gasteiger partial charge on any atom is -0.457 e. The van der Waals surface area contributed by atoms with E-state index in [1.54, 1.807) is 0 Å². The Morgan fingerprint density at radius 3 is 0.945 bits per heavy atom. The van der Waals surface area contributed by atoms with Gasteiger partial charge in [0.25, 0.3) is 0 Å². The quantitative estimate of drug-likeness (QED) is 0.0419. The summed E-state index contributed by atoms with van der Waals surface area (Å²) in [4.78, 5) is 19.9. The summed E-state index contributed by atoms with van der Waals surface area (Å²) in [6.07, 6.45) is 59.7. The number of rotatable bonds is 38. The molecule has 404 valence electrons. The third kappa shape index (κ3) is 22.3. The van der Waals surface area contributed by atoms with Gasteiger partial charge >= 0.3 is 0 Å². The SMILES string of the molecule is CCCCCCCCCCc1cnc(C2CCC(Cc3cc(CCCCCCC)ccc3Oc3ccc(CCCCCCC)cc3CC3CCC(c4ncc(CCCCCCCCCC)cn4)CC3)CC2)nc1. The molecular weight excluding hydrogens is 889 g/mol. The first-order valence-corrected chi connectivity index (χ1v) is 31.6. The van der Waals surface area contributed by atoms with Gasteiger partial charge in [-0.25, -0.2) is 19.9 Å². The number of ether oxygens (including phenoxy) is 1. The molecule has 0 saturated heterocycles. The van der Waals surface area contributed by atoms with Gasteiger partial charge in [0.05, 0.1) is 0 Å². The highest BCUT2D eigenvalue weighted by atomic mass is 16.5. The molecule has 0 bridgehead atoms. The highest BCUT2D eigenvalue weighted by Gasteiger charge is 2.28. The molecule has 0 spiro atoms. The van der Waals surface area contributed by atoms with Crippen molar-refractivity contribution in [1.29, 1.82) is 0 Å². The van der Waals surface area contributed by atoms with Crippen LogP contribution in [-0.2, 0) is 38.5 Å². The molecule has 2 aromatic heterocycles. The zero-order chi connectivity index (χ0) is 51.0. The van der Waals surface area contributed by atoms with E-state index in [0.29, 0.717) is 23.7 Å². The lowest BCUT2D eigenvalue weighted by Gasteiger charge is -2.29. The highest BCUT2D eigenvalue weighted by Crippen LogP contribution is 2.41. The summed E-state index contributed by atoms with van der Waals surface area (Å²) >= 11 is 0. The Hall–Kier alpha value is -3.60. The molecular formula is C68H106N4O. The van der Waals surface area contributed by atoms with Crippen molar-refractivity contribution in [3.05, 3.63) is 106 Å². The minimum absolute atomic E-state index is 0.476. The van der Waals surface area contributed by atoms with Gasteiger partial charge in [0, 0.05) is 36.6 Å². The lowest BCUT2D eigenvalue weighted by atomic mass is 9.78. The van der Waals surface area contributed by atoms with Gasteiger partial charge in [-0.3, -0.25) is 0 Å². The molecule has 2 aliphatic carbocycles. The second kappa shape index (κ2) is 35.6. The van der Waals surface area contributed by atoms with Crippen molar-refractivity contribution in [3.8, 4) is 11.5 Å². The fourth-order valence-corrected chi connectivity index (χ4v) is 12.3. The van der Waals surface area contributed by atoms with Gasteiger partial charge in [-0.05, 0) is 173 Å². The third-order valence-corrected chi connectivity index (χ3v) is 17.1. The predicted octanol–water partition coefficient (Wildman–Crippen LogP) is 20.5. The molecule has 0 aliphatic heterocycles. The molecule has 5 heteroatoms. The molecule has 0 atom stereocenters. The van der Waals surface area contributed by atoms with Crippen LogP contribution in [-0.4, -0.2) is 19.9 Å². The van der Waals surface area contributed by atoms with Crippen LogP contribution in [0.25, 0.3) is 0 Å². The number of hydrogen-bond acceptors (Lipinski definition) is 5. The summed E-state index contributed by atoms with van der Waals surface area (Å²) in [6, 6.07) is 14.5. The van der Waals surface area contributed by atoms with Crippen LogP contribution in [0, 0.1) is 11.8 Å². The molecule has 73 heavy (non-hydrogen) atoms. The number of benzene rings is 2. The zero-order valence-corrected chi connectivity index (χ0v) is 47.6. The average molecular weight is 996 g/mol. The Bertz CT molecular complexity index is 1870. The van der Waals surface area contributed by atoms with Crippen molar-refractivity contribution < 1.29 is 4.74 Å². The van der Waals surface area contributed by atoms with Gasteiger partial charge in [-0.15, -0.1) is 0 Å². The summed E-state index contributed by atoms with van der Waals surface area (Å²) in [6.45, 7) is 9.22. The Labute approximate surface area is 448 Å². The van der Waals surface area contributed by atoms with Crippen LogP contribution >= 0.6 is 0 Å². The molecule has 4 aromatic rings. The molecule has 2 heterocycles. The summed E-state index contributed by atoms with van der Waals surface area (Å²) in [7, 11) is 0. The summed E-state index contributed by atoms with van der Waals surface area (Å²) in [5, 5.41) is 0. The van der Waals surface area contributed by atoms with Gasteiger partial charge < -0.3 is 4.74 Å². The van der Waals surface area contributed by atoms with Crippen molar-refractivity contribution in [3.63, 3.8) is 0 Å². The maximum Gasteiger partial charge on any atom is 0.131 e. The van der Waals surface area contributed by atoms with Gasteiger partial charge in [-0.1, -0.05) is 193 Å². The van der Waals surface area contributed by atoms with Crippen LogP contribution in [0.3, 0.4) is 0 Å². The van der Waals surface area contributed by atoms with E-state index in [0.717, 1.165) is 61.7 Å². The molecule has 2 aliphatic rings. The van der Waals surface area contributed by atoms with Crippen LogP contribution in [0.4, 0.5) is 0 Å². The van der Waals surface area contributed by atoms with Gasteiger partial charge in [0.1, 0.15) is 23.1 Å². The summed E-state index contributed by atoms with van der Waals surface area (Å²) in [5.41, 5.74) is 8.39. The first kappa shape index (κ1) is 58.7. The molecule has 0 radical (unpaired) electrons. The van der Waals surface area contributed by atoms with Gasteiger partial charge in [0.15, 0.2) is 0 Å². The van der Waals surface area contributed by atoms with Crippen LogP contribution in [0.15, 0.2) is 61.2 Å². The van der Waals surface area contributed by atoms with Crippen LogP contribution in [0.1, 0.15) is 303 Å². The normalized spacial score (nSPS) is 18.1. The monoisotopic (exact) mass is 995 g/mol. The van der Waals surface area contributed by atoms with Crippen molar-refractivity contribution >= 4 is 0 Å². The van der Waals surface area contributed by atoms with E-state index in [2.05, 4.69) is 88.9 Å². The Kier molecular flexibility index (Phi) is 28.6. The molecule has 0 amide bonds. The van der Waals surface area contributed by atoms with E-state index in [4.69, 9.17) is 24.7 Å². The number of aryl methyl sites for hydroxylation is 4. The van der Waals surface area contributed by atoms with Crippen molar-refractivity contribution in [2.75, 3.05) is 0 Å². The van der Waals surface area contributed by atoms with Gasteiger partial charge in [-0.2, -0.15) is 0 Å². The van der Waals surface area contributed by atoms with E-state index in [-0.39, 0.29) is 0 Å². The molecule has 0 N–H and O–H groups in total. The first-order chi connectivity index (χ1) is 36.0. The van der Waals surface area contributed by atoms with Crippen molar-refractivity contribution in [2.45, 2.75) is 296 Å². The molecule has 5 nitrogen and oxygen atoms in total. The highest BCUT2D eigenvalue weighted by molar-refractivity contribution is 5.45. The Morgan fingerprint density at radius 2 is 0.630 bits per heavy atom. The van der Waals surface area contributed by atoms with E-state index >= 15 is 0 Å². The lowest BCUT2D eigenvalue weighted by molar-refractivity contribution is 0.312. The van der Waals surface area contributed by atoms with Crippen LogP contribution < -0.4 is 4.74 Å². The second-order valence-electron chi connectivity index (χ2n) is 23.5. The van der Waals surface area contributed by atoms with E-state index in [1.807, 2.05) is 0 Å². The van der Waals surface area contributed by atoms with E-state index < -0.39 is 0 Å². The zero-order valence-electron chi connectivity index (χ0n) is 47.6. The number of nitrogens with zero attached hydrogens (tertiary/aromatic N) is 4. The fourth-order valence-electron chi connectivity index (χ4n) is 12.3. The topological polar surface area (TPSA) is 60.8 Å². The minimum atomic E-state index is 0.476. The van der Waals surface area contributed by atoms with Crippen LogP contribution in [0.5, 0.6) is 11.5 Å². The predicted molar refractivity (Wildman–Crippen MR) is 311 cm³/mol. The summed E-state index contributed by atoms with van der Waals surface area (Å²) in [5.74, 6) is 6.56. The largest absolute Gasteiger partial charge is 0.457 e. The number of unbranched alkanes of at least 4 members (excludes halogenated alkanes) is 22. The van der Waals surface area contributed by atoms with Crippen LogP contribution in [0.2, 0.25) is 0 Å².